The van der Waals surface area contributed by atoms with Gasteiger partial charge in [-0.2, -0.15) is 0 Å². The second-order valence-electron chi connectivity index (χ2n) is 4.69. The molecule has 0 fully saturated rings. The number of carbonyl (C=O) groups excluding carboxylic acids is 1. The van der Waals surface area contributed by atoms with Gasteiger partial charge in [0.05, 0.1) is 12.0 Å². The van der Waals surface area contributed by atoms with E-state index in [4.69, 9.17) is 16.7 Å². The Hall–Kier alpha value is -2.33. The van der Waals surface area contributed by atoms with Gasteiger partial charge >= 0.3 is 5.97 Å². The fourth-order valence-electron chi connectivity index (χ4n) is 2.02. The molecule has 108 valence electrons. The second kappa shape index (κ2) is 6.41. The molecule has 2 N–H and O–H groups in total. The summed E-state index contributed by atoms with van der Waals surface area (Å²) in [5.41, 5.74) is 2.22. The van der Waals surface area contributed by atoms with Gasteiger partial charge in [-0.3, -0.25) is 4.79 Å². The highest BCUT2D eigenvalue weighted by atomic mass is 35.5. The van der Waals surface area contributed by atoms with Gasteiger partial charge in [0, 0.05) is 10.7 Å². The standard InChI is InChI=1S/C16H14ClNO3/c1-10-7-13(5-6-14(10)16(20)21)18-15(19)9-11-3-2-4-12(17)8-11/h2-8H,9H2,1H3,(H,18,19)(H,20,21). The van der Waals surface area contributed by atoms with Crippen molar-refractivity contribution in [2.24, 2.45) is 0 Å². The van der Waals surface area contributed by atoms with Gasteiger partial charge in [-0.15, -0.1) is 0 Å². The maximum atomic E-state index is 12.0. The summed E-state index contributed by atoms with van der Waals surface area (Å²) in [5, 5.41) is 12.3. The third-order valence-electron chi connectivity index (χ3n) is 2.99. The predicted octanol–water partition coefficient (Wildman–Crippen LogP) is 3.53. The number of hydrogen-bond donors (Lipinski definition) is 2. The molecule has 0 aliphatic heterocycles. The lowest BCUT2D eigenvalue weighted by molar-refractivity contribution is -0.115. The highest BCUT2D eigenvalue weighted by molar-refractivity contribution is 6.30. The minimum Gasteiger partial charge on any atom is -0.478 e. The first-order valence-electron chi connectivity index (χ1n) is 6.34. The Labute approximate surface area is 127 Å². The smallest absolute Gasteiger partial charge is 0.335 e. The molecule has 0 radical (unpaired) electrons. The van der Waals surface area contributed by atoms with Crippen molar-refractivity contribution in [3.63, 3.8) is 0 Å². The summed E-state index contributed by atoms with van der Waals surface area (Å²) >= 11 is 5.87. The molecule has 4 nitrogen and oxygen atoms in total. The number of halogens is 1. The second-order valence-corrected chi connectivity index (χ2v) is 5.13. The van der Waals surface area contributed by atoms with E-state index in [1.54, 1.807) is 37.3 Å². The highest BCUT2D eigenvalue weighted by Crippen LogP contribution is 2.16. The summed E-state index contributed by atoms with van der Waals surface area (Å²) in [6.45, 7) is 1.69. The molecule has 0 heterocycles. The van der Waals surface area contributed by atoms with Gasteiger partial charge in [-0.1, -0.05) is 23.7 Å². The molecule has 0 aromatic heterocycles. The Morgan fingerprint density at radius 2 is 1.95 bits per heavy atom. The van der Waals surface area contributed by atoms with Crippen molar-refractivity contribution in [2.75, 3.05) is 5.32 Å². The zero-order chi connectivity index (χ0) is 15.4. The molecular weight excluding hydrogens is 290 g/mol. The number of carboxylic acid groups (broad SMARTS) is 1. The third-order valence-corrected chi connectivity index (χ3v) is 3.23. The number of aryl methyl sites for hydroxylation is 1. The molecule has 0 unspecified atom stereocenters. The molecule has 21 heavy (non-hydrogen) atoms. The van der Waals surface area contributed by atoms with E-state index >= 15 is 0 Å². The molecule has 0 saturated heterocycles. The van der Waals surface area contributed by atoms with Crippen molar-refractivity contribution in [1.29, 1.82) is 0 Å². The topological polar surface area (TPSA) is 66.4 Å². The van der Waals surface area contributed by atoms with E-state index in [0.717, 1.165) is 5.56 Å². The van der Waals surface area contributed by atoms with E-state index in [2.05, 4.69) is 5.32 Å². The van der Waals surface area contributed by atoms with Gasteiger partial charge in [0.25, 0.3) is 0 Å². The van der Waals surface area contributed by atoms with Crippen LogP contribution in [-0.2, 0) is 11.2 Å². The van der Waals surface area contributed by atoms with E-state index in [-0.39, 0.29) is 17.9 Å². The number of carboxylic acids is 1. The molecule has 0 bridgehead atoms. The molecule has 5 heteroatoms. The third kappa shape index (κ3) is 4.07. The predicted molar refractivity (Wildman–Crippen MR) is 81.9 cm³/mol. The van der Waals surface area contributed by atoms with Crippen molar-refractivity contribution in [2.45, 2.75) is 13.3 Å². The summed E-state index contributed by atoms with van der Waals surface area (Å²) in [7, 11) is 0. The Morgan fingerprint density at radius 1 is 1.19 bits per heavy atom. The van der Waals surface area contributed by atoms with Crippen LogP contribution >= 0.6 is 11.6 Å². The normalized spacial score (nSPS) is 10.2. The number of aromatic carboxylic acids is 1. The lowest BCUT2D eigenvalue weighted by atomic mass is 10.1. The van der Waals surface area contributed by atoms with Gasteiger partial charge in [-0.25, -0.2) is 4.79 Å². The van der Waals surface area contributed by atoms with E-state index in [0.29, 0.717) is 16.3 Å². The minimum atomic E-state index is -0.982. The first kappa shape index (κ1) is 15.1. The van der Waals surface area contributed by atoms with Crippen LogP contribution in [-0.4, -0.2) is 17.0 Å². The number of anilines is 1. The molecule has 1 amide bonds. The summed E-state index contributed by atoms with van der Waals surface area (Å²) < 4.78 is 0. The number of carbonyl (C=O) groups is 2. The zero-order valence-corrected chi connectivity index (χ0v) is 12.1. The quantitative estimate of drug-likeness (QED) is 0.908. The summed E-state index contributed by atoms with van der Waals surface area (Å²) in [5.74, 6) is -1.16. The monoisotopic (exact) mass is 303 g/mol. The molecule has 0 spiro atoms. The van der Waals surface area contributed by atoms with Crippen LogP contribution in [0.15, 0.2) is 42.5 Å². The van der Waals surface area contributed by atoms with E-state index in [1.807, 2.05) is 6.07 Å². The molecule has 0 aliphatic carbocycles. The van der Waals surface area contributed by atoms with Gasteiger partial charge in [-0.05, 0) is 48.4 Å². The Balaban J connectivity index is 2.06. The maximum absolute atomic E-state index is 12.0. The number of hydrogen-bond acceptors (Lipinski definition) is 2. The largest absolute Gasteiger partial charge is 0.478 e. The minimum absolute atomic E-state index is 0.181. The molecule has 0 saturated carbocycles. The van der Waals surface area contributed by atoms with Crippen LogP contribution < -0.4 is 5.32 Å². The summed E-state index contributed by atoms with van der Waals surface area (Å²) in [6, 6.07) is 11.8. The average molecular weight is 304 g/mol. The van der Waals surface area contributed by atoms with Crippen LogP contribution in [0.2, 0.25) is 5.02 Å². The lowest BCUT2D eigenvalue weighted by Gasteiger charge is -2.08. The van der Waals surface area contributed by atoms with Gasteiger partial charge < -0.3 is 10.4 Å². The highest BCUT2D eigenvalue weighted by Gasteiger charge is 2.09. The fourth-order valence-corrected chi connectivity index (χ4v) is 2.23. The lowest BCUT2D eigenvalue weighted by Crippen LogP contribution is -2.14. The number of amides is 1. The van der Waals surface area contributed by atoms with Gasteiger partial charge in [0.2, 0.25) is 5.91 Å². The first-order chi connectivity index (χ1) is 9.95. The van der Waals surface area contributed by atoms with Crippen LogP contribution in [0.3, 0.4) is 0 Å². The van der Waals surface area contributed by atoms with Crippen LogP contribution in [0.25, 0.3) is 0 Å². The first-order valence-corrected chi connectivity index (χ1v) is 6.72. The SMILES string of the molecule is Cc1cc(NC(=O)Cc2cccc(Cl)c2)ccc1C(=O)O. The number of nitrogens with one attached hydrogen (secondary N) is 1. The Kier molecular flexibility index (Phi) is 4.60. The number of rotatable bonds is 4. The van der Waals surface area contributed by atoms with E-state index < -0.39 is 5.97 Å². The van der Waals surface area contributed by atoms with Gasteiger partial charge in [0.15, 0.2) is 0 Å². The number of benzene rings is 2. The van der Waals surface area contributed by atoms with E-state index in [1.165, 1.54) is 6.07 Å². The summed E-state index contributed by atoms with van der Waals surface area (Å²) in [6.07, 6.45) is 0.209. The van der Waals surface area contributed by atoms with Crippen molar-refractivity contribution in [3.05, 3.63) is 64.2 Å². The van der Waals surface area contributed by atoms with Crippen molar-refractivity contribution < 1.29 is 14.7 Å². The maximum Gasteiger partial charge on any atom is 0.335 e. The Bertz CT molecular complexity index is 698. The van der Waals surface area contributed by atoms with Crippen LogP contribution in [0, 0.1) is 6.92 Å². The molecule has 0 atom stereocenters. The van der Waals surface area contributed by atoms with Crippen LogP contribution in [0.1, 0.15) is 21.5 Å². The van der Waals surface area contributed by atoms with Crippen LogP contribution in [0.5, 0.6) is 0 Å². The Morgan fingerprint density at radius 3 is 2.57 bits per heavy atom. The molecule has 2 aromatic rings. The van der Waals surface area contributed by atoms with Crippen molar-refractivity contribution in [3.8, 4) is 0 Å². The van der Waals surface area contributed by atoms with E-state index in [9.17, 15) is 9.59 Å². The summed E-state index contributed by atoms with van der Waals surface area (Å²) in [4.78, 5) is 22.9. The van der Waals surface area contributed by atoms with Crippen molar-refractivity contribution >= 4 is 29.2 Å². The van der Waals surface area contributed by atoms with Crippen molar-refractivity contribution in [1.82, 2.24) is 0 Å². The molecule has 2 aromatic carbocycles. The van der Waals surface area contributed by atoms with Gasteiger partial charge in [0.1, 0.15) is 0 Å². The average Bonchev–Trinajstić information content (AvgIpc) is 2.38. The fraction of sp³-hybridized carbons (Fsp3) is 0.125. The molecule has 0 aliphatic rings. The molecule has 2 rings (SSSR count). The zero-order valence-electron chi connectivity index (χ0n) is 11.4. The molecular formula is C16H14ClNO3. The van der Waals surface area contributed by atoms with Crippen LogP contribution in [0.4, 0.5) is 5.69 Å².